The van der Waals surface area contributed by atoms with Crippen molar-refractivity contribution in [3.8, 4) is 0 Å². The van der Waals surface area contributed by atoms with Crippen molar-refractivity contribution >= 4 is 11.8 Å². The molecule has 0 unspecified atom stereocenters. The Kier molecular flexibility index (Phi) is 4.44. The predicted octanol–water partition coefficient (Wildman–Crippen LogP) is 2.22. The Morgan fingerprint density at radius 1 is 1.11 bits per heavy atom. The molecule has 5 nitrogen and oxygen atoms in total. The Hall–Kier alpha value is -2.43. The van der Waals surface area contributed by atoms with Crippen molar-refractivity contribution < 1.29 is 9.90 Å². The Labute approximate surface area is 111 Å². The quantitative estimate of drug-likeness (QED) is 0.776. The van der Waals surface area contributed by atoms with E-state index in [1.165, 1.54) is 11.6 Å². The van der Waals surface area contributed by atoms with Crippen LogP contribution in [-0.2, 0) is 6.42 Å². The Balaban J connectivity index is 1.75. The molecule has 2 rings (SSSR count). The van der Waals surface area contributed by atoms with Crippen LogP contribution in [-0.4, -0.2) is 27.8 Å². The normalized spacial score (nSPS) is 10.1. The lowest BCUT2D eigenvalue weighted by Gasteiger charge is -2.05. The van der Waals surface area contributed by atoms with Crippen molar-refractivity contribution in [3.63, 3.8) is 0 Å². The molecule has 98 valence electrons. The minimum Gasteiger partial charge on any atom is -0.476 e. The molecule has 0 bridgehead atoms. The first-order valence-corrected chi connectivity index (χ1v) is 6.10. The summed E-state index contributed by atoms with van der Waals surface area (Å²) in [4.78, 5) is 10.6. The third-order valence-corrected chi connectivity index (χ3v) is 2.67. The van der Waals surface area contributed by atoms with Crippen LogP contribution in [0.5, 0.6) is 0 Å². The number of aryl methyl sites for hydroxylation is 1. The van der Waals surface area contributed by atoms with E-state index in [1.54, 1.807) is 6.07 Å². The standard InChI is InChI=1S/C14H15N3O2/c18-14(19)12-8-9-13(17-16-12)15-10-4-7-11-5-2-1-3-6-11/h1-3,5-6,8-9H,4,7,10H2,(H,15,17)(H,18,19). The molecular formula is C14H15N3O2. The van der Waals surface area contributed by atoms with Gasteiger partial charge in [0.25, 0.3) is 0 Å². The molecule has 1 aromatic heterocycles. The summed E-state index contributed by atoms with van der Waals surface area (Å²) in [5.41, 5.74) is 1.26. The van der Waals surface area contributed by atoms with Gasteiger partial charge in [-0.15, -0.1) is 10.2 Å². The molecule has 0 saturated heterocycles. The van der Waals surface area contributed by atoms with Gasteiger partial charge in [0.1, 0.15) is 5.82 Å². The van der Waals surface area contributed by atoms with E-state index in [0.717, 1.165) is 19.4 Å². The zero-order chi connectivity index (χ0) is 13.5. The van der Waals surface area contributed by atoms with E-state index in [0.29, 0.717) is 5.82 Å². The number of benzene rings is 1. The van der Waals surface area contributed by atoms with Crippen molar-refractivity contribution in [2.45, 2.75) is 12.8 Å². The van der Waals surface area contributed by atoms with Crippen molar-refractivity contribution in [3.05, 3.63) is 53.7 Å². The first-order valence-electron chi connectivity index (χ1n) is 6.10. The molecular weight excluding hydrogens is 242 g/mol. The summed E-state index contributed by atoms with van der Waals surface area (Å²) in [6.07, 6.45) is 1.97. The van der Waals surface area contributed by atoms with E-state index in [1.807, 2.05) is 18.2 Å². The fourth-order valence-electron chi connectivity index (χ4n) is 1.69. The van der Waals surface area contributed by atoms with Crippen LogP contribution in [0.3, 0.4) is 0 Å². The number of rotatable bonds is 6. The molecule has 0 aliphatic heterocycles. The largest absolute Gasteiger partial charge is 0.476 e. The first-order chi connectivity index (χ1) is 9.25. The number of aromatic carboxylic acids is 1. The van der Waals surface area contributed by atoms with Crippen molar-refractivity contribution in [1.82, 2.24) is 10.2 Å². The molecule has 0 atom stereocenters. The molecule has 0 spiro atoms. The molecule has 2 N–H and O–H groups in total. The highest BCUT2D eigenvalue weighted by Gasteiger charge is 2.04. The summed E-state index contributed by atoms with van der Waals surface area (Å²) in [7, 11) is 0. The smallest absolute Gasteiger partial charge is 0.356 e. The minimum absolute atomic E-state index is 0.0464. The van der Waals surface area contributed by atoms with Crippen molar-refractivity contribution in [1.29, 1.82) is 0 Å². The Bertz CT molecular complexity index is 526. The van der Waals surface area contributed by atoms with Crippen molar-refractivity contribution in [2.24, 2.45) is 0 Å². The summed E-state index contributed by atoms with van der Waals surface area (Å²) in [5.74, 6) is -0.471. The van der Waals surface area contributed by atoms with Crippen LogP contribution in [0, 0.1) is 0 Å². The van der Waals surface area contributed by atoms with Gasteiger partial charge in [0, 0.05) is 6.54 Å². The number of nitrogens with zero attached hydrogens (tertiary/aromatic N) is 2. The number of carbonyl (C=O) groups is 1. The van der Waals surface area contributed by atoms with Gasteiger partial charge < -0.3 is 10.4 Å². The highest BCUT2D eigenvalue weighted by atomic mass is 16.4. The number of carboxylic acids is 1. The zero-order valence-corrected chi connectivity index (χ0v) is 10.4. The molecule has 0 saturated carbocycles. The second-order valence-corrected chi connectivity index (χ2v) is 4.12. The first kappa shape index (κ1) is 13.0. The third kappa shape index (κ3) is 4.06. The highest BCUT2D eigenvalue weighted by Crippen LogP contribution is 2.05. The SMILES string of the molecule is O=C(O)c1ccc(NCCCc2ccccc2)nn1. The molecule has 1 heterocycles. The number of nitrogens with one attached hydrogen (secondary N) is 1. The van der Waals surface area contributed by atoms with Crippen LogP contribution in [0.15, 0.2) is 42.5 Å². The molecule has 1 aromatic carbocycles. The summed E-state index contributed by atoms with van der Waals surface area (Å²) in [6, 6.07) is 13.3. The van der Waals surface area contributed by atoms with Gasteiger partial charge in [-0.2, -0.15) is 0 Å². The van der Waals surface area contributed by atoms with E-state index in [2.05, 4.69) is 27.6 Å². The second kappa shape index (κ2) is 6.49. The summed E-state index contributed by atoms with van der Waals surface area (Å²) >= 11 is 0. The van der Waals surface area contributed by atoms with Gasteiger partial charge in [0.05, 0.1) is 0 Å². The fraction of sp³-hybridized carbons (Fsp3) is 0.214. The van der Waals surface area contributed by atoms with Crippen LogP contribution in [0.2, 0.25) is 0 Å². The van der Waals surface area contributed by atoms with E-state index in [9.17, 15) is 4.79 Å². The monoisotopic (exact) mass is 257 g/mol. The molecule has 19 heavy (non-hydrogen) atoms. The number of hydrogen-bond donors (Lipinski definition) is 2. The number of hydrogen-bond acceptors (Lipinski definition) is 4. The van der Waals surface area contributed by atoms with Crippen molar-refractivity contribution in [2.75, 3.05) is 11.9 Å². The Morgan fingerprint density at radius 3 is 2.53 bits per heavy atom. The predicted molar refractivity (Wildman–Crippen MR) is 72.2 cm³/mol. The van der Waals surface area contributed by atoms with E-state index >= 15 is 0 Å². The topological polar surface area (TPSA) is 75.1 Å². The molecule has 5 heteroatoms. The lowest BCUT2D eigenvalue weighted by Crippen LogP contribution is -2.07. The maximum absolute atomic E-state index is 10.6. The molecule has 0 aliphatic carbocycles. The molecule has 0 aliphatic rings. The van der Waals surface area contributed by atoms with Crippen LogP contribution >= 0.6 is 0 Å². The van der Waals surface area contributed by atoms with Crippen LogP contribution in [0.1, 0.15) is 22.5 Å². The molecule has 0 radical (unpaired) electrons. The fourth-order valence-corrected chi connectivity index (χ4v) is 1.69. The number of aromatic nitrogens is 2. The van der Waals surface area contributed by atoms with E-state index in [4.69, 9.17) is 5.11 Å². The Morgan fingerprint density at radius 2 is 1.89 bits per heavy atom. The van der Waals surface area contributed by atoms with Gasteiger partial charge in [-0.05, 0) is 30.5 Å². The van der Waals surface area contributed by atoms with Crippen LogP contribution in [0.25, 0.3) is 0 Å². The van der Waals surface area contributed by atoms with Gasteiger partial charge in [-0.3, -0.25) is 0 Å². The average Bonchev–Trinajstić information content (AvgIpc) is 2.45. The van der Waals surface area contributed by atoms with Gasteiger partial charge in [0.2, 0.25) is 0 Å². The zero-order valence-electron chi connectivity index (χ0n) is 10.4. The maximum atomic E-state index is 10.6. The van der Waals surface area contributed by atoms with Gasteiger partial charge >= 0.3 is 5.97 Å². The average molecular weight is 257 g/mol. The molecule has 0 fully saturated rings. The molecule has 0 amide bonds. The molecule has 2 aromatic rings. The lowest BCUT2D eigenvalue weighted by atomic mass is 10.1. The van der Waals surface area contributed by atoms with Crippen LogP contribution < -0.4 is 5.32 Å². The number of anilines is 1. The van der Waals surface area contributed by atoms with Gasteiger partial charge in [0.15, 0.2) is 5.69 Å². The van der Waals surface area contributed by atoms with E-state index < -0.39 is 5.97 Å². The highest BCUT2D eigenvalue weighted by molar-refractivity contribution is 5.85. The van der Waals surface area contributed by atoms with E-state index in [-0.39, 0.29) is 5.69 Å². The summed E-state index contributed by atoms with van der Waals surface area (Å²) in [6.45, 7) is 0.774. The lowest BCUT2D eigenvalue weighted by molar-refractivity contribution is 0.0689. The summed E-state index contributed by atoms with van der Waals surface area (Å²) < 4.78 is 0. The third-order valence-electron chi connectivity index (χ3n) is 2.67. The van der Waals surface area contributed by atoms with Crippen LogP contribution in [0.4, 0.5) is 5.82 Å². The van der Waals surface area contributed by atoms with Gasteiger partial charge in [-0.25, -0.2) is 4.79 Å². The van der Waals surface area contributed by atoms with Gasteiger partial charge in [-0.1, -0.05) is 30.3 Å². The minimum atomic E-state index is -1.07. The summed E-state index contributed by atoms with van der Waals surface area (Å²) in [5, 5.41) is 19.2. The maximum Gasteiger partial charge on any atom is 0.356 e. The number of carboxylic acid groups (broad SMARTS) is 1. The second-order valence-electron chi connectivity index (χ2n) is 4.12.